The first-order chi connectivity index (χ1) is 4.72. The molecule has 0 N–H and O–H groups in total. The van der Waals surface area contributed by atoms with Gasteiger partial charge in [0.2, 0.25) is 0 Å². The monoisotopic (exact) mass is 249 g/mol. The van der Waals surface area contributed by atoms with E-state index in [-0.39, 0.29) is 0 Å². The first-order valence-electron chi connectivity index (χ1n) is 3.09. The van der Waals surface area contributed by atoms with Gasteiger partial charge in [0.25, 0.3) is 0 Å². The zero-order valence-corrected chi connectivity index (χ0v) is 8.08. The van der Waals surface area contributed by atoms with Gasteiger partial charge in [-0.3, -0.25) is 0 Å². The molecule has 0 radical (unpaired) electrons. The fourth-order valence-electron chi connectivity index (χ4n) is 0.660. The molecule has 0 aliphatic rings. The van der Waals surface area contributed by atoms with E-state index < -0.39 is 0 Å². The molecule has 4 heteroatoms. The van der Waals surface area contributed by atoms with Gasteiger partial charge < -0.3 is 0 Å². The Labute approximate surface area is 73.4 Å². The van der Waals surface area contributed by atoms with Gasteiger partial charge in [0, 0.05) is 29.0 Å². The number of hydrogen-bond donors (Lipinski definition) is 0. The Hall–Kier alpha value is -0.260. The fourth-order valence-corrected chi connectivity index (χ4v) is 1.29. The van der Waals surface area contributed by atoms with Crippen LogP contribution in [-0.4, -0.2) is 15.0 Å². The number of aryl methyl sites for hydroxylation is 2. The summed E-state index contributed by atoms with van der Waals surface area (Å²) in [4.78, 5) is 12.3. The molecule has 10 heavy (non-hydrogen) atoms. The predicted molar refractivity (Wildman–Crippen MR) is 46.7 cm³/mol. The van der Waals surface area contributed by atoms with Crippen LogP contribution >= 0.6 is 22.6 Å². The molecule has 0 aliphatic carbocycles. The summed E-state index contributed by atoms with van der Waals surface area (Å²) < 4.78 is 0.780. The van der Waals surface area contributed by atoms with Crippen LogP contribution in [0.3, 0.4) is 0 Å². The molecular formula is C6H8IN3. The fraction of sp³-hybridized carbons (Fsp3) is 0.500. The second kappa shape index (κ2) is 3.23. The number of halogens is 1. The van der Waals surface area contributed by atoms with Gasteiger partial charge >= 0.3 is 0 Å². The Morgan fingerprint density at radius 1 is 1.30 bits per heavy atom. The van der Waals surface area contributed by atoms with Gasteiger partial charge in [-0.25, -0.2) is 15.0 Å². The van der Waals surface area contributed by atoms with Crippen LogP contribution in [0.5, 0.6) is 0 Å². The second-order valence-corrected chi connectivity index (χ2v) is 2.89. The maximum absolute atomic E-state index is 4.13. The Morgan fingerprint density at radius 3 is 2.50 bits per heavy atom. The molecule has 0 saturated heterocycles. The summed E-state index contributed by atoms with van der Waals surface area (Å²) in [7, 11) is 0. The van der Waals surface area contributed by atoms with Crippen molar-refractivity contribution < 1.29 is 0 Å². The van der Waals surface area contributed by atoms with Crippen LogP contribution in [0.2, 0.25) is 0 Å². The Morgan fingerprint density at radius 2 is 2.00 bits per heavy atom. The molecule has 1 heterocycles. The van der Waals surface area contributed by atoms with E-state index in [1.54, 1.807) is 0 Å². The average Bonchev–Trinajstić information content (AvgIpc) is 1.85. The van der Waals surface area contributed by atoms with E-state index in [0.29, 0.717) is 0 Å². The normalized spacial score (nSPS) is 9.90. The summed E-state index contributed by atoms with van der Waals surface area (Å²) in [5.74, 6) is 1.67. The molecular weight excluding hydrogens is 241 g/mol. The van der Waals surface area contributed by atoms with Crippen LogP contribution in [0.15, 0.2) is 0 Å². The highest BCUT2D eigenvalue weighted by molar-refractivity contribution is 14.1. The molecule has 1 aromatic heterocycles. The van der Waals surface area contributed by atoms with Gasteiger partial charge in [-0.2, -0.15) is 0 Å². The lowest BCUT2D eigenvalue weighted by molar-refractivity contribution is 0.841. The standard InChI is InChI=1S/C6H8IN3/c1-3-5-8-4(2)9-6(7)10-5/h3H2,1-2H3. The SMILES string of the molecule is CCc1nc(C)nc(I)n1. The van der Waals surface area contributed by atoms with E-state index in [4.69, 9.17) is 0 Å². The minimum Gasteiger partial charge on any atom is -0.218 e. The zero-order chi connectivity index (χ0) is 7.56. The van der Waals surface area contributed by atoms with Crippen molar-refractivity contribution in [3.05, 3.63) is 15.5 Å². The van der Waals surface area contributed by atoms with Crippen molar-refractivity contribution in [2.75, 3.05) is 0 Å². The molecule has 0 atom stereocenters. The van der Waals surface area contributed by atoms with Gasteiger partial charge in [0.15, 0.2) is 3.83 Å². The lowest BCUT2D eigenvalue weighted by Crippen LogP contribution is -2.00. The Bertz CT molecular complexity index is 216. The molecule has 0 amide bonds. The topological polar surface area (TPSA) is 38.7 Å². The van der Waals surface area contributed by atoms with Gasteiger partial charge in [0.05, 0.1) is 0 Å². The lowest BCUT2D eigenvalue weighted by atomic mass is 10.4. The van der Waals surface area contributed by atoms with Crippen LogP contribution in [0.4, 0.5) is 0 Å². The van der Waals surface area contributed by atoms with Crippen molar-refractivity contribution >= 4 is 22.6 Å². The van der Waals surface area contributed by atoms with Crippen molar-refractivity contribution in [1.29, 1.82) is 0 Å². The Kier molecular flexibility index (Phi) is 2.53. The van der Waals surface area contributed by atoms with Crippen molar-refractivity contribution in [2.24, 2.45) is 0 Å². The maximum atomic E-state index is 4.13. The van der Waals surface area contributed by atoms with Crippen LogP contribution in [-0.2, 0) is 6.42 Å². The third-order valence-electron chi connectivity index (χ3n) is 1.08. The summed E-state index contributed by atoms with van der Waals surface area (Å²) in [5, 5.41) is 0. The third kappa shape index (κ3) is 1.86. The molecule has 0 aliphatic heterocycles. The summed E-state index contributed by atoms with van der Waals surface area (Å²) in [5.41, 5.74) is 0. The van der Waals surface area contributed by atoms with Gasteiger partial charge in [0.1, 0.15) is 11.6 Å². The van der Waals surface area contributed by atoms with E-state index in [1.807, 2.05) is 13.8 Å². The molecule has 0 aromatic carbocycles. The molecule has 0 unspecified atom stereocenters. The summed E-state index contributed by atoms with van der Waals surface area (Å²) >= 11 is 2.09. The van der Waals surface area contributed by atoms with E-state index in [2.05, 4.69) is 37.5 Å². The first kappa shape index (κ1) is 7.84. The predicted octanol–water partition coefficient (Wildman–Crippen LogP) is 1.35. The highest BCUT2D eigenvalue weighted by atomic mass is 127. The lowest BCUT2D eigenvalue weighted by Gasteiger charge is -1.96. The Balaban J connectivity index is 3.06. The minimum absolute atomic E-state index is 0.780. The van der Waals surface area contributed by atoms with Crippen LogP contribution in [0.1, 0.15) is 18.6 Å². The van der Waals surface area contributed by atoms with Gasteiger partial charge in [-0.15, -0.1) is 0 Å². The van der Waals surface area contributed by atoms with E-state index in [9.17, 15) is 0 Å². The van der Waals surface area contributed by atoms with Gasteiger partial charge in [-0.1, -0.05) is 6.92 Å². The first-order valence-corrected chi connectivity index (χ1v) is 4.17. The molecule has 1 aromatic rings. The molecule has 0 fully saturated rings. The number of rotatable bonds is 1. The van der Waals surface area contributed by atoms with E-state index >= 15 is 0 Å². The largest absolute Gasteiger partial charge is 0.218 e. The van der Waals surface area contributed by atoms with E-state index in [0.717, 1.165) is 21.9 Å². The van der Waals surface area contributed by atoms with Crippen molar-refractivity contribution in [3.63, 3.8) is 0 Å². The highest BCUT2D eigenvalue weighted by Crippen LogP contribution is 1.98. The van der Waals surface area contributed by atoms with Crippen LogP contribution in [0.25, 0.3) is 0 Å². The average molecular weight is 249 g/mol. The molecule has 0 spiro atoms. The van der Waals surface area contributed by atoms with Crippen LogP contribution in [0, 0.1) is 10.8 Å². The van der Waals surface area contributed by atoms with Crippen molar-refractivity contribution in [2.45, 2.75) is 20.3 Å². The third-order valence-corrected chi connectivity index (χ3v) is 1.56. The molecule has 0 saturated carbocycles. The number of nitrogens with zero attached hydrogens (tertiary/aromatic N) is 3. The van der Waals surface area contributed by atoms with Crippen molar-refractivity contribution in [1.82, 2.24) is 15.0 Å². The molecule has 0 bridgehead atoms. The molecule has 1 rings (SSSR count). The number of hydrogen-bond acceptors (Lipinski definition) is 3. The second-order valence-electron chi connectivity index (χ2n) is 1.92. The quantitative estimate of drug-likeness (QED) is 0.705. The van der Waals surface area contributed by atoms with Crippen LogP contribution < -0.4 is 0 Å². The minimum atomic E-state index is 0.780. The van der Waals surface area contributed by atoms with Crippen molar-refractivity contribution in [3.8, 4) is 0 Å². The number of aromatic nitrogens is 3. The summed E-state index contributed by atoms with van der Waals surface area (Å²) in [6.07, 6.45) is 0.874. The summed E-state index contributed by atoms with van der Waals surface area (Å²) in [6, 6.07) is 0. The summed E-state index contributed by atoms with van der Waals surface area (Å²) in [6.45, 7) is 3.91. The molecule has 3 nitrogen and oxygen atoms in total. The highest BCUT2D eigenvalue weighted by Gasteiger charge is 1.96. The molecule has 54 valence electrons. The zero-order valence-electron chi connectivity index (χ0n) is 5.93. The maximum Gasteiger partial charge on any atom is 0.194 e. The van der Waals surface area contributed by atoms with E-state index in [1.165, 1.54) is 0 Å². The smallest absolute Gasteiger partial charge is 0.194 e. The van der Waals surface area contributed by atoms with Gasteiger partial charge in [-0.05, 0) is 6.92 Å².